The Hall–Kier alpha value is -2.64. The van der Waals surface area contributed by atoms with E-state index in [0.29, 0.717) is 18.6 Å². The van der Waals surface area contributed by atoms with E-state index >= 15 is 0 Å². The van der Waals surface area contributed by atoms with E-state index in [1.54, 1.807) is 53.4 Å². The Labute approximate surface area is 158 Å². The first-order chi connectivity index (χ1) is 13.0. The maximum Gasteiger partial charge on any atom is 0.271 e. The van der Waals surface area contributed by atoms with Crippen molar-refractivity contribution in [1.29, 1.82) is 0 Å². The van der Waals surface area contributed by atoms with Crippen LogP contribution in [0.15, 0.2) is 65.6 Å². The minimum absolute atomic E-state index is 0.166. The van der Waals surface area contributed by atoms with Gasteiger partial charge in [0.2, 0.25) is 0 Å². The first-order valence-electron chi connectivity index (χ1n) is 8.87. The number of hydrogen-bond donors (Lipinski definition) is 0. The van der Waals surface area contributed by atoms with Crippen molar-refractivity contribution in [3.63, 3.8) is 0 Å². The zero-order valence-corrected chi connectivity index (χ0v) is 15.9. The molecule has 0 spiro atoms. The number of likely N-dealkylation sites (N-methyl/N-ethyl adjacent to an activating group) is 1. The molecule has 3 aromatic rings. The molecule has 1 aromatic heterocycles. The van der Waals surface area contributed by atoms with Gasteiger partial charge in [-0.3, -0.25) is 4.79 Å². The largest absolute Gasteiger partial charge is 0.335 e. The van der Waals surface area contributed by atoms with Crippen LogP contribution in [0, 0.1) is 0 Å². The maximum atomic E-state index is 13.4. The van der Waals surface area contributed by atoms with Crippen molar-refractivity contribution in [3.05, 3.63) is 66.4 Å². The minimum Gasteiger partial charge on any atom is -0.335 e. The fourth-order valence-electron chi connectivity index (χ4n) is 3.41. The lowest BCUT2D eigenvalue weighted by Crippen LogP contribution is -2.47. The Morgan fingerprint density at radius 1 is 0.889 bits per heavy atom. The fourth-order valence-corrected chi connectivity index (χ4v) is 4.93. The van der Waals surface area contributed by atoms with E-state index in [1.807, 2.05) is 19.2 Å². The van der Waals surface area contributed by atoms with E-state index in [9.17, 15) is 13.2 Å². The third-order valence-electron chi connectivity index (χ3n) is 4.96. The van der Waals surface area contributed by atoms with Crippen LogP contribution in [0.3, 0.4) is 0 Å². The molecule has 2 aromatic carbocycles. The number of benzene rings is 2. The summed E-state index contributed by atoms with van der Waals surface area (Å²) in [5, 5.41) is 0.731. The molecule has 0 atom stereocenters. The molecular weight excluding hydrogens is 362 g/mol. The number of carbonyl (C=O) groups is 1. The van der Waals surface area contributed by atoms with Crippen molar-refractivity contribution >= 4 is 26.8 Å². The number of fused-ring (bicyclic) bond motifs is 1. The summed E-state index contributed by atoms with van der Waals surface area (Å²) in [5.41, 5.74) is 0.698. The molecule has 0 unspecified atom stereocenters. The zero-order chi connectivity index (χ0) is 19.0. The highest BCUT2D eigenvalue weighted by molar-refractivity contribution is 7.90. The zero-order valence-electron chi connectivity index (χ0n) is 15.1. The second-order valence-electron chi connectivity index (χ2n) is 6.77. The Kier molecular flexibility index (Phi) is 4.49. The molecule has 0 N–H and O–H groups in total. The molecule has 0 radical (unpaired) electrons. The van der Waals surface area contributed by atoms with Crippen molar-refractivity contribution in [2.75, 3.05) is 33.2 Å². The average Bonchev–Trinajstić information content (AvgIpc) is 3.09. The van der Waals surface area contributed by atoms with Gasteiger partial charge in [-0.05, 0) is 31.3 Å². The number of piperazine rings is 1. The van der Waals surface area contributed by atoms with E-state index in [-0.39, 0.29) is 16.5 Å². The molecule has 1 amide bonds. The number of para-hydroxylation sites is 1. The normalized spacial score (nSPS) is 16.0. The quantitative estimate of drug-likeness (QED) is 0.696. The van der Waals surface area contributed by atoms with Crippen LogP contribution in [0.2, 0.25) is 0 Å². The number of amides is 1. The van der Waals surface area contributed by atoms with Crippen LogP contribution in [0.25, 0.3) is 10.9 Å². The van der Waals surface area contributed by atoms with Crippen LogP contribution >= 0.6 is 0 Å². The van der Waals surface area contributed by atoms with Gasteiger partial charge in [0.15, 0.2) is 0 Å². The lowest BCUT2D eigenvalue weighted by molar-refractivity contribution is 0.0657. The van der Waals surface area contributed by atoms with Gasteiger partial charge in [-0.15, -0.1) is 0 Å². The van der Waals surface area contributed by atoms with Gasteiger partial charge in [-0.25, -0.2) is 12.4 Å². The summed E-state index contributed by atoms with van der Waals surface area (Å²) in [7, 11) is -1.88. The van der Waals surface area contributed by atoms with Crippen LogP contribution in [-0.4, -0.2) is 61.3 Å². The van der Waals surface area contributed by atoms with Crippen LogP contribution in [0.1, 0.15) is 10.5 Å². The highest BCUT2D eigenvalue weighted by Gasteiger charge is 2.29. The van der Waals surface area contributed by atoms with Gasteiger partial charge in [0.25, 0.3) is 15.9 Å². The lowest BCUT2D eigenvalue weighted by atomic mass is 10.2. The second-order valence-corrected chi connectivity index (χ2v) is 8.55. The summed E-state index contributed by atoms with van der Waals surface area (Å²) in [4.78, 5) is 17.2. The standard InChI is InChI=1S/C20H21N3O3S/c1-21-11-13-22(14-12-21)20(24)19-15-16-7-5-6-10-18(16)23(19)27(25,26)17-8-3-2-4-9-17/h2-10,15H,11-14H2,1H3. The summed E-state index contributed by atoms with van der Waals surface area (Å²) in [6.45, 7) is 2.72. The number of nitrogens with zero attached hydrogens (tertiary/aromatic N) is 3. The SMILES string of the molecule is CN1CCN(C(=O)c2cc3ccccc3n2S(=O)(=O)c2ccccc2)CC1. The van der Waals surface area contributed by atoms with Crippen molar-refractivity contribution in [3.8, 4) is 0 Å². The summed E-state index contributed by atoms with van der Waals surface area (Å²) in [6.07, 6.45) is 0. The molecule has 6 nitrogen and oxygen atoms in total. The van der Waals surface area contributed by atoms with E-state index in [1.165, 1.54) is 3.97 Å². The van der Waals surface area contributed by atoms with Crippen LogP contribution in [0.5, 0.6) is 0 Å². The molecule has 1 saturated heterocycles. The highest BCUT2D eigenvalue weighted by Crippen LogP contribution is 2.27. The molecule has 0 aliphatic carbocycles. The Morgan fingerprint density at radius 3 is 2.22 bits per heavy atom. The predicted molar refractivity (Wildman–Crippen MR) is 104 cm³/mol. The summed E-state index contributed by atoms with van der Waals surface area (Å²) in [5.74, 6) is -0.251. The molecule has 1 aliphatic heterocycles. The first kappa shape index (κ1) is 17.8. The molecule has 27 heavy (non-hydrogen) atoms. The summed E-state index contributed by atoms with van der Waals surface area (Å²) < 4.78 is 27.9. The Bertz CT molecular complexity index is 1080. The predicted octanol–water partition coefficient (Wildman–Crippen LogP) is 2.27. The molecule has 0 bridgehead atoms. The summed E-state index contributed by atoms with van der Waals surface area (Å²) >= 11 is 0. The number of rotatable bonds is 3. The van der Waals surface area contributed by atoms with Gasteiger partial charge in [0.1, 0.15) is 5.69 Å². The van der Waals surface area contributed by atoms with Crippen LogP contribution < -0.4 is 0 Å². The summed E-state index contributed by atoms with van der Waals surface area (Å²) in [6, 6.07) is 17.1. The molecule has 7 heteroatoms. The van der Waals surface area contributed by atoms with Gasteiger partial charge in [0.05, 0.1) is 10.4 Å². The second kappa shape index (κ2) is 6.83. The van der Waals surface area contributed by atoms with E-state index in [4.69, 9.17) is 0 Å². The number of carbonyl (C=O) groups excluding carboxylic acids is 1. The van der Waals surface area contributed by atoms with Gasteiger partial charge in [0, 0.05) is 31.6 Å². The van der Waals surface area contributed by atoms with Crippen LogP contribution in [-0.2, 0) is 10.0 Å². The monoisotopic (exact) mass is 383 g/mol. The van der Waals surface area contributed by atoms with E-state index in [2.05, 4.69) is 4.90 Å². The fraction of sp³-hybridized carbons (Fsp3) is 0.250. The van der Waals surface area contributed by atoms with Gasteiger partial charge < -0.3 is 9.80 Å². The van der Waals surface area contributed by atoms with Gasteiger partial charge in [-0.2, -0.15) is 0 Å². The van der Waals surface area contributed by atoms with Crippen LogP contribution in [0.4, 0.5) is 0 Å². The van der Waals surface area contributed by atoms with E-state index < -0.39 is 10.0 Å². The minimum atomic E-state index is -3.89. The molecule has 0 saturated carbocycles. The van der Waals surface area contributed by atoms with Crippen molar-refractivity contribution in [2.45, 2.75) is 4.90 Å². The third kappa shape index (κ3) is 3.13. The van der Waals surface area contributed by atoms with Crippen molar-refractivity contribution < 1.29 is 13.2 Å². The van der Waals surface area contributed by atoms with Gasteiger partial charge in [-0.1, -0.05) is 36.4 Å². The Morgan fingerprint density at radius 2 is 1.52 bits per heavy atom. The number of hydrogen-bond acceptors (Lipinski definition) is 4. The lowest BCUT2D eigenvalue weighted by Gasteiger charge is -2.32. The number of aromatic nitrogens is 1. The van der Waals surface area contributed by atoms with Crippen molar-refractivity contribution in [2.24, 2.45) is 0 Å². The molecule has 140 valence electrons. The molecule has 1 fully saturated rings. The van der Waals surface area contributed by atoms with E-state index in [0.717, 1.165) is 18.5 Å². The molecule has 4 rings (SSSR count). The molecule has 2 heterocycles. The smallest absolute Gasteiger partial charge is 0.271 e. The Balaban J connectivity index is 1.87. The highest BCUT2D eigenvalue weighted by atomic mass is 32.2. The molecular formula is C20H21N3O3S. The molecule has 1 aliphatic rings. The maximum absolute atomic E-state index is 13.4. The topological polar surface area (TPSA) is 62.6 Å². The van der Waals surface area contributed by atoms with Crippen molar-refractivity contribution in [1.82, 2.24) is 13.8 Å². The third-order valence-corrected chi connectivity index (χ3v) is 6.70. The van der Waals surface area contributed by atoms with Gasteiger partial charge >= 0.3 is 0 Å². The first-order valence-corrected chi connectivity index (χ1v) is 10.3. The average molecular weight is 383 g/mol.